The minimum Gasteiger partial charge on any atom is -0.481 e. The van der Waals surface area contributed by atoms with Gasteiger partial charge in [0.15, 0.2) is 0 Å². The molecule has 1 aromatic carbocycles. The number of hydrogen-bond acceptors (Lipinski definition) is 6. The number of unbranched alkanes of at least 4 members (excludes halogenated alkanes) is 7. The molecule has 29 heavy (non-hydrogen) atoms. The van der Waals surface area contributed by atoms with Crippen molar-refractivity contribution in [1.29, 1.82) is 0 Å². The Morgan fingerprint density at radius 1 is 1.10 bits per heavy atom. The van der Waals surface area contributed by atoms with E-state index in [1.165, 1.54) is 43.0 Å². The van der Waals surface area contributed by atoms with Gasteiger partial charge in [0.25, 0.3) is 5.69 Å². The quantitative estimate of drug-likeness (QED) is 0.176. The number of carboxylic acid groups (broad SMARTS) is 1. The number of thioether (sulfide) groups is 1. The average Bonchev–Trinajstić information content (AvgIpc) is 2.68. The molecule has 9 heteroatoms. The van der Waals surface area contributed by atoms with Gasteiger partial charge < -0.3 is 5.11 Å². The molecule has 0 fully saturated rings. The molecule has 0 unspecified atom stereocenters. The number of carbonyl (C=O) groups is 2. The molecule has 0 aliphatic carbocycles. The smallest absolute Gasteiger partial charge is 0.313 e. The first kappa shape index (κ1) is 24.6. The molecule has 0 saturated carbocycles. The van der Waals surface area contributed by atoms with Gasteiger partial charge in [-0.25, -0.2) is 5.43 Å². The number of non-ortho nitro benzene ring substituents is 1. The van der Waals surface area contributed by atoms with Gasteiger partial charge in [-0.15, -0.1) is 0 Å². The highest BCUT2D eigenvalue weighted by molar-refractivity contribution is 7.99. The lowest BCUT2D eigenvalue weighted by Gasteiger charge is -2.03. The zero-order valence-corrected chi connectivity index (χ0v) is 17.4. The minimum atomic E-state index is -0.752. The number of carbonyl (C=O) groups excluding carboxylic acids is 1. The molecule has 0 bridgehead atoms. The fourth-order valence-corrected chi connectivity index (χ4v) is 3.39. The van der Waals surface area contributed by atoms with Crippen LogP contribution in [-0.4, -0.2) is 39.6 Å². The van der Waals surface area contributed by atoms with E-state index < -0.39 is 10.9 Å². The average molecular weight is 424 g/mol. The Kier molecular flexibility index (Phi) is 13.2. The van der Waals surface area contributed by atoms with Gasteiger partial charge >= 0.3 is 5.97 Å². The summed E-state index contributed by atoms with van der Waals surface area (Å²) in [6, 6.07) is 6.04. The Balaban J connectivity index is 1.98. The lowest BCUT2D eigenvalue weighted by atomic mass is 10.1. The van der Waals surface area contributed by atoms with Crippen LogP contribution in [0.25, 0.3) is 0 Å². The summed E-state index contributed by atoms with van der Waals surface area (Å²) in [4.78, 5) is 32.3. The third-order valence-electron chi connectivity index (χ3n) is 4.15. The van der Waals surface area contributed by atoms with E-state index >= 15 is 0 Å². The Hall–Kier alpha value is -2.42. The topological polar surface area (TPSA) is 122 Å². The maximum Gasteiger partial charge on any atom is 0.313 e. The van der Waals surface area contributed by atoms with E-state index in [2.05, 4.69) is 10.5 Å². The fraction of sp³-hybridized carbons (Fsp3) is 0.550. The molecule has 8 nitrogen and oxygen atoms in total. The monoisotopic (exact) mass is 423 g/mol. The molecular weight excluding hydrogens is 394 g/mol. The van der Waals surface area contributed by atoms with E-state index in [4.69, 9.17) is 5.11 Å². The predicted molar refractivity (Wildman–Crippen MR) is 115 cm³/mol. The Morgan fingerprint density at radius 3 is 2.41 bits per heavy atom. The van der Waals surface area contributed by atoms with Gasteiger partial charge in [-0.1, -0.05) is 50.7 Å². The van der Waals surface area contributed by atoms with E-state index in [0.29, 0.717) is 12.0 Å². The van der Waals surface area contributed by atoms with E-state index in [0.717, 1.165) is 44.3 Å². The maximum atomic E-state index is 11.7. The summed E-state index contributed by atoms with van der Waals surface area (Å²) in [7, 11) is 0. The van der Waals surface area contributed by atoms with Crippen molar-refractivity contribution in [3.05, 3.63) is 39.9 Å². The lowest BCUT2D eigenvalue weighted by Crippen LogP contribution is -2.16. The normalized spacial score (nSPS) is 10.9. The van der Waals surface area contributed by atoms with Crippen LogP contribution in [0.1, 0.15) is 63.4 Å². The second kappa shape index (κ2) is 15.5. The number of nitro benzene ring substituents is 1. The number of rotatable bonds is 16. The number of nitrogens with one attached hydrogen (secondary N) is 1. The summed E-state index contributed by atoms with van der Waals surface area (Å²) >= 11 is 1.47. The molecule has 1 rings (SSSR count). The van der Waals surface area contributed by atoms with Crippen molar-refractivity contribution in [3.63, 3.8) is 0 Å². The van der Waals surface area contributed by atoms with Crippen LogP contribution >= 0.6 is 11.8 Å². The van der Waals surface area contributed by atoms with Crippen LogP contribution in [0.15, 0.2) is 29.4 Å². The molecule has 0 aliphatic rings. The Bertz CT molecular complexity index is 682. The van der Waals surface area contributed by atoms with E-state index in [1.807, 2.05) is 0 Å². The van der Waals surface area contributed by atoms with Gasteiger partial charge in [0.05, 0.1) is 16.9 Å². The van der Waals surface area contributed by atoms with Crippen molar-refractivity contribution in [1.82, 2.24) is 5.43 Å². The zero-order valence-electron chi connectivity index (χ0n) is 16.5. The first-order valence-corrected chi connectivity index (χ1v) is 11.0. The maximum absolute atomic E-state index is 11.7. The summed E-state index contributed by atoms with van der Waals surface area (Å²) < 4.78 is 0. The molecule has 1 amide bonds. The molecule has 1 aromatic rings. The molecule has 0 saturated heterocycles. The molecule has 0 atom stereocenters. The number of nitro groups is 1. The summed E-state index contributed by atoms with van der Waals surface area (Å²) in [6.45, 7) is 0. The molecule has 0 spiro atoms. The summed E-state index contributed by atoms with van der Waals surface area (Å²) in [6.07, 6.45) is 10.4. The summed E-state index contributed by atoms with van der Waals surface area (Å²) in [5, 5.41) is 23.1. The van der Waals surface area contributed by atoms with Gasteiger partial charge in [0, 0.05) is 24.1 Å². The molecule has 0 heterocycles. The fourth-order valence-electron chi connectivity index (χ4n) is 2.66. The number of amides is 1. The second-order valence-corrected chi connectivity index (χ2v) is 7.78. The zero-order chi connectivity index (χ0) is 21.3. The lowest BCUT2D eigenvalue weighted by molar-refractivity contribution is -0.384. The minimum absolute atomic E-state index is 0.0163. The van der Waals surface area contributed by atoms with Gasteiger partial charge in [0.1, 0.15) is 0 Å². The molecule has 2 N–H and O–H groups in total. The molecule has 0 radical (unpaired) electrons. The molecule has 0 aliphatic heterocycles. The van der Waals surface area contributed by atoms with Gasteiger partial charge in [0.2, 0.25) is 5.91 Å². The number of benzene rings is 1. The Morgan fingerprint density at radius 2 is 1.76 bits per heavy atom. The third-order valence-corrected chi connectivity index (χ3v) is 5.18. The number of carboxylic acids is 1. The number of hydrogen-bond donors (Lipinski definition) is 2. The highest BCUT2D eigenvalue weighted by atomic mass is 32.2. The predicted octanol–water partition coefficient (Wildman–Crippen LogP) is 4.37. The van der Waals surface area contributed by atoms with Crippen molar-refractivity contribution in [2.24, 2.45) is 5.10 Å². The molecule has 160 valence electrons. The van der Waals surface area contributed by atoms with Crippen molar-refractivity contribution in [2.45, 2.75) is 57.8 Å². The van der Waals surface area contributed by atoms with Gasteiger partial charge in [-0.2, -0.15) is 16.9 Å². The van der Waals surface area contributed by atoms with E-state index in [9.17, 15) is 19.7 Å². The van der Waals surface area contributed by atoms with Crippen molar-refractivity contribution < 1.29 is 19.6 Å². The van der Waals surface area contributed by atoms with E-state index in [1.54, 1.807) is 12.1 Å². The molecule has 0 aromatic heterocycles. The number of hydrazone groups is 1. The van der Waals surface area contributed by atoms with Crippen molar-refractivity contribution in [3.8, 4) is 0 Å². The number of nitrogens with zero attached hydrogens (tertiary/aromatic N) is 2. The van der Waals surface area contributed by atoms with Crippen LogP contribution in [0.3, 0.4) is 0 Å². The Labute approximate surface area is 175 Å². The molecular formula is C20H29N3O5S. The van der Waals surface area contributed by atoms with Crippen LogP contribution < -0.4 is 5.43 Å². The van der Waals surface area contributed by atoms with Gasteiger partial charge in [-0.05, 0) is 18.6 Å². The van der Waals surface area contributed by atoms with Crippen LogP contribution in [0.2, 0.25) is 0 Å². The second-order valence-electron chi connectivity index (χ2n) is 6.67. The van der Waals surface area contributed by atoms with Crippen molar-refractivity contribution >= 4 is 35.5 Å². The first-order valence-electron chi connectivity index (χ1n) is 9.85. The highest BCUT2D eigenvalue weighted by Gasteiger charge is 2.04. The van der Waals surface area contributed by atoms with Gasteiger partial charge in [-0.3, -0.25) is 19.7 Å². The van der Waals surface area contributed by atoms with E-state index in [-0.39, 0.29) is 17.3 Å². The van der Waals surface area contributed by atoms with Crippen LogP contribution in [0.4, 0.5) is 5.69 Å². The van der Waals surface area contributed by atoms with Crippen LogP contribution in [0.5, 0.6) is 0 Å². The SMILES string of the molecule is O=C(O)CSCCCCCCCCCCC(=O)N/N=C/c1cccc([N+](=O)[O-])c1. The van der Waals surface area contributed by atoms with Crippen LogP contribution in [-0.2, 0) is 9.59 Å². The summed E-state index contributed by atoms with van der Waals surface area (Å²) in [5.41, 5.74) is 2.98. The standard InChI is InChI=1S/C20H29N3O5S/c24-19(22-21-15-17-10-9-11-18(14-17)23(27)28)12-7-5-3-1-2-4-6-8-13-29-16-20(25)26/h9-11,14-15H,1-8,12-13,16H2,(H,22,24)(H,25,26)/b21-15+. The third kappa shape index (κ3) is 13.4. The number of aliphatic carboxylic acids is 1. The largest absolute Gasteiger partial charge is 0.481 e. The van der Waals surface area contributed by atoms with Crippen molar-refractivity contribution in [2.75, 3.05) is 11.5 Å². The first-order chi connectivity index (χ1) is 14.0. The van der Waals surface area contributed by atoms with Crippen LogP contribution in [0, 0.1) is 10.1 Å². The highest BCUT2D eigenvalue weighted by Crippen LogP contribution is 2.12. The summed E-state index contributed by atoms with van der Waals surface area (Å²) in [5.74, 6) is 0.183.